The third-order valence-corrected chi connectivity index (χ3v) is 5.72. The maximum Gasteiger partial charge on any atom is 0.355 e. The first-order chi connectivity index (χ1) is 11.6. The number of ether oxygens (including phenoxy) is 1. The molecule has 0 unspecified atom stereocenters. The number of esters is 1. The Balaban J connectivity index is 2.53. The summed E-state index contributed by atoms with van der Waals surface area (Å²) in [5, 5.41) is 0. The fourth-order valence-electron chi connectivity index (χ4n) is 3.08. The van der Waals surface area contributed by atoms with Gasteiger partial charge in [0.1, 0.15) is 10.6 Å². The lowest BCUT2D eigenvalue weighted by Gasteiger charge is -2.11. The van der Waals surface area contributed by atoms with Crippen LogP contribution in [0, 0.1) is 27.7 Å². The molecule has 0 aliphatic carbocycles. The third kappa shape index (κ3) is 3.71. The van der Waals surface area contributed by atoms with Gasteiger partial charge in [-0.05, 0) is 57.9 Å². The number of carbonyl (C=O) groups excluding carboxylic acids is 1. The van der Waals surface area contributed by atoms with Gasteiger partial charge in [0.05, 0.1) is 6.61 Å². The molecule has 0 aliphatic heterocycles. The van der Waals surface area contributed by atoms with E-state index < -0.39 is 16.0 Å². The number of benzene rings is 1. The van der Waals surface area contributed by atoms with Gasteiger partial charge in [0.2, 0.25) is 0 Å². The molecule has 0 saturated carbocycles. The van der Waals surface area contributed by atoms with Gasteiger partial charge in [0.15, 0.2) is 0 Å². The summed E-state index contributed by atoms with van der Waals surface area (Å²) in [5.74, 6) is -0.529. The second kappa shape index (κ2) is 6.92. The van der Waals surface area contributed by atoms with Crippen molar-refractivity contribution < 1.29 is 17.9 Å². The Bertz CT molecular complexity index is 907. The summed E-state index contributed by atoms with van der Waals surface area (Å²) in [5.41, 5.74) is 3.54. The molecule has 2 aromatic rings. The Morgan fingerprint density at radius 3 is 2.20 bits per heavy atom. The lowest BCUT2D eigenvalue weighted by molar-refractivity contribution is 0.0514. The van der Waals surface area contributed by atoms with Gasteiger partial charge in [-0.25, -0.2) is 13.2 Å². The Labute approximate surface area is 148 Å². The molecule has 25 heavy (non-hydrogen) atoms. The summed E-state index contributed by atoms with van der Waals surface area (Å²) in [6.07, 6.45) is 0. The second-order valence-corrected chi connectivity index (χ2v) is 7.77. The number of nitrogens with zero attached hydrogens (tertiary/aromatic N) is 1. The van der Waals surface area contributed by atoms with Crippen LogP contribution in [-0.4, -0.2) is 25.6 Å². The van der Waals surface area contributed by atoms with Gasteiger partial charge in [0.25, 0.3) is 10.0 Å². The zero-order valence-corrected chi connectivity index (χ0v) is 16.2. The number of aryl methyl sites for hydroxylation is 2. The van der Waals surface area contributed by atoms with E-state index in [9.17, 15) is 13.2 Å². The average Bonchev–Trinajstić information content (AvgIpc) is 2.67. The topological polar surface area (TPSA) is 77.4 Å². The normalized spacial score (nSPS) is 11.4. The molecule has 1 heterocycles. The summed E-state index contributed by atoms with van der Waals surface area (Å²) in [7, 11) is -2.18. The van der Waals surface area contributed by atoms with Crippen LogP contribution in [0.5, 0.6) is 0 Å². The fourth-order valence-corrected chi connectivity index (χ4v) is 4.63. The molecule has 7 heteroatoms. The van der Waals surface area contributed by atoms with Gasteiger partial charge in [0, 0.05) is 24.0 Å². The summed E-state index contributed by atoms with van der Waals surface area (Å²) in [6.45, 7) is 9.04. The molecule has 2 rings (SSSR count). The number of hydrogen-bond donors (Lipinski definition) is 1. The van der Waals surface area contributed by atoms with Gasteiger partial charge < -0.3 is 9.30 Å². The van der Waals surface area contributed by atoms with Gasteiger partial charge >= 0.3 is 5.97 Å². The van der Waals surface area contributed by atoms with Crippen molar-refractivity contribution in [2.24, 2.45) is 7.05 Å². The quantitative estimate of drug-likeness (QED) is 0.826. The highest BCUT2D eigenvalue weighted by Gasteiger charge is 2.29. The van der Waals surface area contributed by atoms with Crippen molar-refractivity contribution in [3.05, 3.63) is 46.3 Å². The number of rotatable bonds is 5. The SMILES string of the molecule is CCOC(=O)c1c(C)c(S(=O)(=O)Nc2cc(C)cc(C)c2)c(C)n1C. The minimum atomic E-state index is -3.84. The first-order valence-electron chi connectivity index (χ1n) is 8.02. The molecule has 0 aliphatic rings. The molecule has 0 fully saturated rings. The molecular formula is C18H24N2O4S. The highest BCUT2D eigenvalue weighted by molar-refractivity contribution is 7.92. The first-order valence-corrected chi connectivity index (χ1v) is 9.51. The molecule has 0 amide bonds. The van der Waals surface area contributed by atoms with Crippen LogP contribution in [-0.2, 0) is 21.8 Å². The van der Waals surface area contributed by atoms with E-state index in [2.05, 4.69) is 4.72 Å². The van der Waals surface area contributed by atoms with E-state index in [1.54, 1.807) is 44.5 Å². The van der Waals surface area contributed by atoms with E-state index in [0.29, 0.717) is 16.9 Å². The van der Waals surface area contributed by atoms with E-state index >= 15 is 0 Å². The molecule has 0 spiro atoms. The Hall–Kier alpha value is -2.28. The molecule has 0 bridgehead atoms. The maximum atomic E-state index is 12.9. The minimum absolute atomic E-state index is 0.109. The minimum Gasteiger partial charge on any atom is -0.461 e. The van der Waals surface area contributed by atoms with Crippen LogP contribution >= 0.6 is 0 Å². The lowest BCUT2D eigenvalue weighted by atomic mass is 10.1. The van der Waals surface area contributed by atoms with Gasteiger partial charge in [-0.1, -0.05) is 6.07 Å². The Morgan fingerprint density at radius 2 is 1.68 bits per heavy atom. The molecular weight excluding hydrogens is 340 g/mol. The molecule has 6 nitrogen and oxygen atoms in total. The maximum absolute atomic E-state index is 12.9. The summed E-state index contributed by atoms with van der Waals surface area (Å²) >= 11 is 0. The van der Waals surface area contributed by atoms with Crippen LogP contribution in [0.4, 0.5) is 5.69 Å². The van der Waals surface area contributed by atoms with Crippen LogP contribution < -0.4 is 4.72 Å². The number of anilines is 1. The number of hydrogen-bond acceptors (Lipinski definition) is 4. The van der Waals surface area contributed by atoms with Crippen molar-refractivity contribution in [2.45, 2.75) is 39.5 Å². The second-order valence-electron chi connectivity index (χ2n) is 6.15. The number of carbonyl (C=O) groups is 1. The standard InChI is InChI=1S/C18H24N2O4S/c1-7-24-18(21)16-13(4)17(14(5)20(16)6)25(22,23)19-15-9-11(2)8-12(3)10-15/h8-10,19H,7H2,1-6H3. The molecule has 1 aromatic carbocycles. The molecule has 1 aromatic heterocycles. The van der Waals surface area contributed by atoms with Crippen LogP contribution in [0.15, 0.2) is 23.1 Å². The van der Waals surface area contributed by atoms with Crippen LogP contribution in [0.25, 0.3) is 0 Å². The van der Waals surface area contributed by atoms with Crippen molar-refractivity contribution in [3.8, 4) is 0 Å². The molecule has 0 radical (unpaired) electrons. The highest BCUT2D eigenvalue weighted by atomic mass is 32.2. The number of sulfonamides is 1. The molecule has 136 valence electrons. The van der Waals surface area contributed by atoms with E-state index in [1.807, 2.05) is 19.9 Å². The monoisotopic (exact) mass is 364 g/mol. The van der Waals surface area contributed by atoms with Crippen molar-refractivity contribution in [2.75, 3.05) is 11.3 Å². The summed E-state index contributed by atoms with van der Waals surface area (Å²) in [6, 6.07) is 5.50. The number of nitrogens with one attached hydrogen (secondary N) is 1. The first kappa shape index (κ1) is 19.1. The zero-order valence-electron chi connectivity index (χ0n) is 15.4. The van der Waals surface area contributed by atoms with Crippen LogP contribution in [0.2, 0.25) is 0 Å². The molecule has 0 saturated heterocycles. The van der Waals surface area contributed by atoms with Gasteiger partial charge in [-0.3, -0.25) is 4.72 Å². The predicted octanol–water partition coefficient (Wildman–Crippen LogP) is 3.24. The Kier molecular flexibility index (Phi) is 5.27. The lowest BCUT2D eigenvalue weighted by Crippen LogP contribution is -2.15. The summed E-state index contributed by atoms with van der Waals surface area (Å²) in [4.78, 5) is 12.3. The molecule has 0 atom stereocenters. The smallest absolute Gasteiger partial charge is 0.355 e. The molecule has 1 N–H and O–H groups in total. The predicted molar refractivity (Wildman–Crippen MR) is 97.6 cm³/mol. The average molecular weight is 364 g/mol. The number of aromatic nitrogens is 1. The van der Waals surface area contributed by atoms with Crippen molar-refractivity contribution in [1.29, 1.82) is 0 Å². The van der Waals surface area contributed by atoms with E-state index in [4.69, 9.17) is 4.74 Å². The van der Waals surface area contributed by atoms with Gasteiger partial charge in [-0.15, -0.1) is 0 Å². The van der Waals surface area contributed by atoms with E-state index in [-0.39, 0.29) is 17.2 Å². The van der Waals surface area contributed by atoms with Crippen molar-refractivity contribution >= 4 is 21.7 Å². The summed E-state index contributed by atoms with van der Waals surface area (Å²) < 4.78 is 35.1. The third-order valence-electron chi connectivity index (χ3n) is 4.07. The fraction of sp³-hybridized carbons (Fsp3) is 0.389. The van der Waals surface area contributed by atoms with Gasteiger partial charge in [-0.2, -0.15) is 0 Å². The van der Waals surface area contributed by atoms with Crippen LogP contribution in [0.3, 0.4) is 0 Å². The van der Waals surface area contributed by atoms with E-state index in [0.717, 1.165) is 11.1 Å². The van der Waals surface area contributed by atoms with Crippen molar-refractivity contribution in [3.63, 3.8) is 0 Å². The van der Waals surface area contributed by atoms with Crippen LogP contribution in [0.1, 0.15) is 39.8 Å². The van der Waals surface area contributed by atoms with E-state index in [1.165, 1.54) is 0 Å². The zero-order chi connectivity index (χ0) is 18.9. The largest absolute Gasteiger partial charge is 0.461 e. The van der Waals surface area contributed by atoms with Crippen molar-refractivity contribution in [1.82, 2.24) is 4.57 Å². The Morgan fingerprint density at radius 1 is 1.12 bits per heavy atom. The highest BCUT2D eigenvalue weighted by Crippen LogP contribution is 2.28.